The number of halogens is 3. The number of hydrogen-bond acceptors (Lipinski definition) is 4. The molecule has 1 N–H and O–H groups in total. The van der Waals surface area contributed by atoms with E-state index in [1.165, 1.54) is 36.2 Å². The van der Waals surface area contributed by atoms with E-state index in [-0.39, 0.29) is 18.7 Å². The number of anilines is 1. The van der Waals surface area contributed by atoms with Gasteiger partial charge in [0.15, 0.2) is 0 Å². The minimum atomic E-state index is -3.93. The third kappa shape index (κ3) is 6.57. The molecule has 0 aliphatic heterocycles. The number of nitrogens with zero attached hydrogens (tertiary/aromatic N) is 2. The lowest BCUT2D eigenvalue weighted by atomic mass is 10.1. The molecule has 2 aromatic carbocycles. The van der Waals surface area contributed by atoms with Gasteiger partial charge in [0.25, 0.3) is 0 Å². The molecule has 7 nitrogen and oxygen atoms in total. The molecule has 1 atom stereocenters. The number of benzene rings is 2. The molecule has 2 amide bonds. The van der Waals surface area contributed by atoms with Crippen molar-refractivity contribution in [2.45, 2.75) is 25.9 Å². The molecule has 0 aliphatic carbocycles. The SMILES string of the molecule is CC[C@H](C(=O)NC)N(Cc1ccc(Cl)cc1Cl)C(=O)CN(c1cccc(F)c1)S(C)(=O)=O. The third-order valence-electron chi connectivity index (χ3n) is 4.76. The Bertz CT molecular complexity index is 1100. The summed E-state index contributed by atoms with van der Waals surface area (Å²) in [5, 5.41) is 3.22. The minimum Gasteiger partial charge on any atom is -0.357 e. The normalized spacial score (nSPS) is 12.2. The lowest BCUT2D eigenvalue weighted by Gasteiger charge is -2.32. The number of hydrogen-bond donors (Lipinski definition) is 1. The molecule has 0 spiro atoms. The Morgan fingerprint density at radius 2 is 1.84 bits per heavy atom. The first kappa shape index (κ1) is 25.9. The number of rotatable bonds is 9. The van der Waals surface area contributed by atoms with Crippen molar-refractivity contribution < 1.29 is 22.4 Å². The maximum absolute atomic E-state index is 13.7. The number of likely N-dealkylation sites (N-methyl/N-ethyl adjacent to an activating group) is 1. The van der Waals surface area contributed by atoms with Gasteiger partial charge in [0.05, 0.1) is 11.9 Å². The van der Waals surface area contributed by atoms with Gasteiger partial charge in [-0.25, -0.2) is 12.8 Å². The van der Waals surface area contributed by atoms with Crippen molar-refractivity contribution >= 4 is 50.7 Å². The molecule has 11 heteroatoms. The summed E-state index contributed by atoms with van der Waals surface area (Å²) in [5.74, 6) is -1.71. The van der Waals surface area contributed by atoms with E-state index in [1.807, 2.05) is 0 Å². The summed E-state index contributed by atoms with van der Waals surface area (Å²) in [6, 6.07) is 8.77. The molecule has 0 fully saturated rings. The first-order valence-corrected chi connectivity index (χ1v) is 12.3. The number of amides is 2. The standard InChI is InChI=1S/C21H24Cl2FN3O4S/c1-4-19(21(29)25-2)26(12-14-8-9-15(22)10-18(14)23)20(28)13-27(32(3,30)31)17-7-5-6-16(24)11-17/h5-11,19H,4,12-13H2,1-3H3,(H,25,29)/t19-/m1/s1. The molecular formula is C21H24Cl2FN3O4S. The fourth-order valence-electron chi connectivity index (χ4n) is 3.16. The van der Waals surface area contributed by atoms with Crippen molar-refractivity contribution in [2.24, 2.45) is 0 Å². The summed E-state index contributed by atoms with van der Waals surface area (Å²) in [7, 11) is -2.49. The Hall–Kier alpha value is -2.36. The van der Waals surface area contributed by atoms with Crippen LogP contribution in [0.1, 0.15) is 18.9 Å². The molecule has 0 saturated heterocycles. The van der Waals surface area contributed by atoms with Gasteiger partial charge in [-0.3, -0.25) is 13.9 Å². The van der Waals surface area contributed by atoms with E-state index in [0.29, 0.717) is 15.6 Å². The van der Waals surface area contributed by atoms with Crippen LogP contribution < -0.4 is 9.62 Å². The van der Waals surface area contributed by atoms with Crippen LogP contribution in [-0.2, 0) is 26.2 Å². The van der Waals surface area contributed by atoms with Crippen LogP contribution in [0.4, 0.5) is 10.1 Å². The summed E-state index contributed by atoms with van der Waals surface area (Å²) >= 11 is 12.2. The molecule has 0 aliphatic rings. The summed E-state index contributed by atoms with van der Waals surface area (Å²) in [4.78, 5) is 27.1. The van der Waals surface area contributed by atoms with Crippen LogP contribution in [0.5, 0.6) is 0 Å². The molecule has 0 aromatic heterocycles. The topological polar surface area (TPSA) is 86.8 Å². The van der Waals surface area contributed by atoms with Crippen molar-refractivity contribution in [1.29, 1.82) is 0 Å². The van der Waals surface area contributed by atoms with Crippen molar-refractivity contribution in [3.05, 3.63) is 63.9 Å². The Balaban J connectivity index is 2.46. The summed E-state index contributed by atoms with van der Waals surface area (Å²) in [6.45, 7) is 1.05. The first-order valence-electron chi connectivity index (χ1n) is 9.66. The van der Waals surface area contributed by atoms with Gasteiger partial charge in [0, 0.05) is 23.6 Å². The summed E-state index contributed by atoms with van der Waals surface area (Å²) in [5.41, 5.74) is 0.529. The van der Waals surface area contributed by atoms with Crippen molar-refractivity contribution in [1.82, 2.24) is 10.2 Å². The number of nitrogens with one attached hydrogen (secondary N) is 1. The molecule has 0 heterocycles. The molecule has 2 aromatic rings. The van der Waals surface area contributed by atoms with Gasteiger partial charge in [-0.1, -0.05) is 42.3 Å². The molecule has 32 heavy (non-hydrogen) atoms. The zero-order valence-electron chi connectivity index (χ0n) is 17.8. The summed E-state index contributed by atoms with van der Waals surface area (Å²) < 4.78 is 39.3. The van der Waals surface area contributed by atoms with E-state index >= 15 is 0 Å². The second-order valence-corrected chi connectivity index (χ2v) is 9.80. The van der Waals surface area contributed by atoms with Gasteiger partial charge in [0.1, 0.15) is 18.4 Å². The highest BCUT2D eigenvalue weighted by Gasteiger charge is 2.31. The quantitative estimate of drug-likeness (QED) is 0.567. The zero-order chi connectivity index (χ0) is 24.1. The Morgan fingerprint density at radius 1 is 1.16 bits per heavy atom. The van der Waals surface area contributed by atoms with Gasteiger partial charge in [0.2, 0.25) is 21.8 Å². The number of carbonyl (C=O) groups is 2. The first-order chi connectivity index (χ1) is 15.0. The zero-order valence-corrected chi connectivity index (χ0v) is 20.1. The van der Waals surface area contributed by atoms with Crippen LogP contribution in [0.15, 0.2) is 42.5 Å². The van der Waals surface area contributed by atoms with Crippen LogP contribution in [0.2, 0.25) is 10.0 Å². The second-order valence-electron chi connectivity index (χ2n) is 7.05. The Morgan fingerprint density at radius 3 is 2.38 bits per heavy atom. The van der Waals surface area contributed by atoms with E-state index in [4.69, 9.17) is 23.2 Å². The maximum Gasteiger partial charge on any atom is 0.244 e. The molecular weight excluding hydrogens is 480 g/mol. The van der Waals surface area contributed by atoms with Gasteiger partial charge in [-0.05, 0) is 42.3 Å². The second kappa shape index (κ2) is 11.0. The molecule has 0 bridgehead atoms. The van der Waals surface area contributed by atoms with Crippen LogP contribution in [0, 0.1) is 5.82 Å². The maximum atomic E-state index is 13.7. The van der Waals surface area contributed by atoms with Crippen molar-refractivity contribution in [2.75, 3.05) is 24.2 Å². The van der Waals surface area contributed by atoms with Crippen LogP contribution >= 0.6 is 23.2 Å². The third-order valence-corrected chi connectivity index (χ3v) is 6.49. The van der Waals surface area contributed by atoms with Gasteiger partial charge < -0.3 is 10.2 Å². The van der Waals surface area contributed by atoms with Crippen molar-refractivity contribution in [3.8, 4) is 0 Å². The predicted molar refractivity (Wildman–Crippen MR) is 124 cm³/mol. The average molecular weight is 504 g/mol. The van der Waals surface area contributed by atoms with Crippen LogP contribution in [0.3, 0.4) is 0 Å². The Labute approximate surface area is 197 Å². The highest BCUT2D eigenvalue weighted by molar-refractivity contribution is 7.92. The van der Waals surface area contributed by atoms with E-state index in [2.05, 4.69) is 5.32 Å². The van der Waals surface area contributed by atoms with Gasteiger partial charge in [-0.2, -0.15) is 0 Å². The highest BCUT2D eigenvalue weighted by Crippen LogP contribution is 2.25. The number of sulfonamides is 1. The van der Waals surface area contributed by atoms with E-state index in [9.17, 15) is 22.4 Å². The monoisotopic (exact) mass is 503 g/mol. The lowest BCUT2D eigenvalue weighted by molar-refractivity contribution is -0.140. The molecule has 174 valence electrons. The predicted octanol–water partition coefficient (Wildman–Crippen LogP) is 3.45. The van der Waals surface area contributed by atoms with E-state index in [0.717, 1.165) is 16.6 Å². The minimum absolute atomic E-state index is 0.00156. The summed E-state index contributed by atoms with van der Waals surface area (Å²) in [6.07, 6.45) is 1.19. The Kier molecular flexibility index (Phi) is 8.89. The lowest BCUT2D eigenvalue weighted by Crippen LogP contribution is -2.51. The molecule has 0 unspecified atom stereocenters. The molecule has 0 radical (unpaired) electrons. The van der Waals surface area contributed by atoms with E-state index < -0.39 is 40.2 Å². The average Bonchev–Trinajstić information content (AvgIpc) is 2.72. The van der Waals surface area contributed by atoms with Gasteiger partial charge >= 0.3 is 0 Å². The van der Waals surface area contributed by atoms with Crippen LogP contribution in [-0.4, -0.2) is 51.0 Å². The van der Waals surface area contributed by atoms with E-state index in [1.54, 1.807) is 19.1 Å². The molecule has 0 saturated carbocycles. The fourth-order valence-corrected chi connectivity index (χ4v) is 4.47. The molecule has 2 rings (SSSR count). The largest absolute Gasteiger partial charge is 0.357 e. The fraction of sp³-hybridized carbons (Fsp3) is 0.333. The number of carbonyl (C=O) groups excluding carboxylic acids is 2. The van der Waals surface area contributed by atoms with Crippen molar-refractivity contribution in [3.63, 3.8) is 0 Å². The smallest absolute Gasteiger partial charge is 0.244 e. The highest BCUT2D eigenvalue weighted by atomic mass is 35.5. The van der Waals surface area contributed by atoms with Gasteiger partial charge in [-0.15, -0.1) is 0 Å². The van der Waals surface area contributed by atoms with Crippen LogP contribution in [0.25, 0.3) is 0 Å².